The molecule has 1 atom stereocenters. The zero-order valence-corrected chi connectivity index (χ0v) is 12.6. The van der Waals surface area contributed by atoms with Crippen LogP contribution < -0.4 is 10.6 Å². The number of anilines is 1. The Morgan fingerprint density at radius 1 is 1.35 bits per heavy atom. The molecule has 0 aliphatic rings. The number of carboxylic acids is 1. The van der Waals surface area contributed by atoms with Crippen LogP contribution in [0, 0.1) is 0 Å². The maximum atomic E-state index is 11.9. The molecule has 0 saturated heterocycles. The molecule has 6 nitrogen and oxygen atoms in total. The summed E-state index contributed by atoms with van der Waals surface area (Å²) < 4.78 is 0. The Kier molecular flexibility index (Phi) is 4.94. The second-order valence-electron chi connectivity index (χ2n) is 5.44. The topological polar surface area (TPSA) is 91.3 Å². The molecule has 0 aliphatic heterocycles. The third-order valence-electron chi connectivity index (χ3n) is 2.30. The Hall–Kier alpha value is -1.82. The van der Waals surface area contributed by atoms with E-state index in [2.05, 4.69) is 15.6 Å². The first-order chi connectivity index (χ1) is 9.10. The van der Waals surface area contributed by atoms with E-state index in [1.54, 1.807) is 6.92 Å². The number of aromatic carboxylic acids is 1. The van der Waals surface area contributed by atoms with E-state index in [0.717, 1.165) is 0 Å². The molecule has 1 heterocycles. The fraction of sp³-hybridized carbons (Fsp3) is 0.462. The smallest absolute Gasteiger partial charge is 0.356 e. The van der Waals surface area contributed by atoms with Crippen LogP contribution in [0.15, 0.2) is 12.1 Å². The predicted octanol–water partition coefficient (Wildman–Crippen LogP) is 2.15. The van der Waals surface area contributed by atoms with Crippen LogP contribution in [0.2, 0.25) is 5.02 Å². The molecule has 0 saturated carbocycles. The lowest BCUT2D eigenvalue weighted by Gasteiger charge is -2.24. The number of halogens is 1. The van der Waals surface area contributed by atoms with Crippen LogP contribution in [0.3, 0.4) is 0 Å². The number of carbonyl (C=O) groups is 2. The number of nitrogens with zero attached hydrogens (tertiary/aromatic N) is 1. The van der Waals surface area contributed by atoms with Gasteiger partial charge in [-0.05, 0) is 39.8 Å². The maximum absolute atomic E-state index is 11.9. The van der Waals surface area contributed by atoms with Crippen LogP contribution in [-0.4, -0.2) is 33.5 Å². The summed E-state index contributed by atoms with van der Waals surface area (Å²) in [4.78, 5) is 26.7. The molecular weight excluding hydrogens is 282 g/mol. The van der Waals surface area contributed by atoms with E-state index in [-0.39, 0.29) is 28.0 Å². The summed E-state index contributed by atoms with van der Waals surface area (Å²) in [5.74, 6) is -1.14. The number of carbonyl (C=O) groups excluding carboxylic acids is 1. The highest BCUT2D eigenvalue weighted by molar-refractivity contribution is 6.33. The highest BCUT2D eigenvalue weighted by atomic mass is 35.5. The molecule has 0 aromatic carbocycles. The van der Waals surface area contributed by atoms with Crippen molar-refractivity contribution in [2.45, 2.75) is 39.3 Å². The van der Waals surface area contributed by atoms with E-state index in [1.165, 1.54) is 12.1 Å². The second kappa shape index (κ2) is 6.09. The van der Waals surface area contributed by atoms with Crippen LogP contribution in [0.25, 0.3) is 0 Å². The van der Waals surface area contributed by atoms with Crippen molar-refractivity contribution in [2.75, 3.05) is 5.32 Å². The molecule has 1 unspecified atom stereocenters. The van der Waals surface area contributed by atoms with Gasteiger partial charge in [0.05, 0.1) is 5.02 Å². The molecule has 0 aliphatic carbocycles. The van der Waals surface area contributed by atoms with E-state index >= 15 is 0 Å². The molecule has 0 radical (unpaired) electrons. The van der Waals surface area contributed by atoms with Gasteiger partial charge in [0.25, 0.3) is 0 Å². The molecule has 1 rings (SSSR count). The molecule has 0 fully saturated rings. The first kappa shape index (κ1) is 16.2. The normalized spacial score (nSPS) is 12.7. The third-order valence-corrected chi connectivity index (χ3v) is 2.61. The summed E-state index contributed by atoms with van der Waals surface area (Å²) in [7, 11) is 0. The van der Waals surface area contributed by atoms with Crippen molar-refractivity contribution in [2.24, 2.45) is 0 Å². The fourth-order valence-electron chi connectivity index (χ4n) is 1.44. The van der Waals surface area contributed by atoms with Crippen LogP contribution in [-0.2, 0) is 4.79 Å². The summed E-state index contributed by atoms with van der Waals surface area (Å²) in [6, 6.07) is 2.40. The van der Waals surface area contributed by atoms with Gasteiger partial charge in [-0.2, -0.15) is 0 Å². The van der Waals surface area contributed by atoms with E-state index in [1.807, 2.05) is 20.8 Å². The van der Waals surface area contributed by atoms with Crippen LogP contribution in [0.5, 0.6) is 0 Å². The monoisotopic (exact) mass is 299 g/mol. The maximum Gasteiger partial charge on any atom is 0.356 e. The number of hydrogen-bond donors (Lipinski definition) is 3. The number of hydrogen-bond acceptors (Lipinski definition) is 4. The molecular formula is C13H18ClN3O3. The lowest BCUT2D eigenvalue weighted by atomic mass is 10.1. The first-order valence-corrected chi connectivity index (χ1v) is 6.46. The second-order valence-corrected chi connectivity index (χ2v) is 5.84. The van der Waals surface area contributed by atoms with Gasteiger partial charge in [0.15, 0.2) is 5.69 Å². The zero-order valence-electron chi connectivity index (χ0n) is 11.8. The van der Waals surface area contributed by atoms with E-state index in [9.17, 15) is 9.59 Å². The molecule has 20 heavy (non-hydrogen) atoms. The molecule has 110 valence electrons. The zero-order chi connectivity index (χ0) is 15.5. The molecule has 1 aromatic rings. The Morgan fingerprint density at radius 2 is 1.95 bits per heavy atom. The van der Waals surface area contributed by atoms with Crippen molar-refractivity contribution >= 4 is 29.3 Å². The van der Waals surface area contributed by atoms with Crippen LogP contribution in [0.1, 0.15) is 38.2 Å². The number of aromatic nitrogens is 1. The minimum Gasteiger partial charge on any atom is -0.476 e. The van der Waals surface area contributed by atoms with Gasteiger partial charge >= 0.3 is 5.97 Å². The van der Waals surface area contributed by atoms with Gasteiger partial charge in [-0.3, -0.25) is 4.79 Å². The summed E-state index contributed by atoms with van der Waals surface area (Å²) in [6.07, 6.45) is 0. The lowest BCUT2D eigenvalue weighted by Crippen LogP contribution is -2.47. The first-order valence-electron chi connectivity index (χ1n) is 6.08. The van der Waals surface area contributed by atoms with Gasteiger partial charge in [-0.15, -0.1) is 0 Å². The molecule has 0 bridgehead atoms. The largest absolute Gasteiger partial charge is 0.476 e. The van der Waals surface area contributed by atoms with E-state index in [4.69, 9.17) is 16.7 Å². The van der Waals surface area contributed by atoms with Gasteiger partial charge in [-0.25, -0.2) is 9.78 Å². The van der Waals surface area contributed by atoms with Crippen molar-refractivity contribution in [3.05, 3.63) is 22.8 Å². The Balaban J connectivity index is 2.81. The van der Waals surface area contributed by atoms with Crippen molar-refractivity contribution in [1.29, 1.82) is 0 Å². The summed E-state index contributed by atoms with van der Waals surface area (Å²) >= 11 is 5.73. The molecule has 0 spiro atoms. The van der Waals surface area contributed by atoms with E-state index < -0.39 is 12.0 Å². The van der Waals surface area contributed by atoms with Gasteiger partial charge in [0.2, 0.25) is 5.91 Å². The number of rotatable bonds is 4. The minimum absolute atomic E-state index is 0.0508. The number of amides is 1. The summed E-state index contributed by atoms with van der Waals surface area (Å²) in [5, 5.41) is 14.6. The number of carboxylic acid groups (broad SMARTS) is 1. The predicted molar refractivity (Wildman–Crippen MR) is 77.2 cm³/mol. The standard InChI is InChI=1S/C13H18ClN3O3/c1-7(11(18)17-13(2,3)4)15-9-6-5-8(14)10(16-9)12(19)20/h5-7H,1-4H3,(H,15,16)(H,17,18)(H,19,20). The van der Waals surface area contributed by atoms with Gasteiger partial charge < -0.3 is 15.7 Å². The highest BCUT2D eigenvalue weighted by Gasteiger charge is 2.20. The molecule has 3 N–H and O–H groups in total. The van der Waals surface area contributed by atoms with Gasteiger partial charge in [-0.1, -0.05) is 11.6 Å². The average Bonchev–Trinajstić information content (AvgIpc) is 2.28. The summed E-state index contributed by atoms with van der Waals surface area (Å²) in [6.45, 7) is 7.29. The highest BCUT2D eigenvalue weighted by Crippen LogP contribution is 2.17. The fourth-order valence-corrected chi connectivity index (χ4v) is 1.62. The third kappa shape index (κ3) is 4.70. The Morgan fingerprint density at radius 3 is 2.45 bits per heavy atom. The van der Waals surface area contributed by atoms with Gasteiger partial charge in [0.1, 0.15) is 11.9 Å². The van der Waals surface area contributed by atoms with Crippen molar-refractivity contribution in [3.8, 4) is 0 Å². The summed E-state index contributed by atoms with van der Waals surface area (Å²) in [5.41, 5.74) is -0.591. The van der Waals surface area contributed by atoms with Crippen molar-refractivity contribution in [1.82, 2.24) is 10.3 Å². The number of pyridine rings is 1. The van der Waals surface area contributed by atoms with Gasteiger partial charge in [0, 0.05) is 5.54 Å². The van der Waals surface area contributed by atoms with Crippen LogP contribution in [0.4, 0.5) is 5.82 Å². The Bertz CT molecular complexity index is 526. The Labute approximate surface area is 122 Å². The molecule has 1 aromatic heterocycles. The van der Waals surface area contributed by atoms with Crippen molar-refractivity contribution < 1.29 is 14.7 Å². The molecule has 7 heteroatoms. The number of nitrogens with one attached hydrogen (secondary N) is 2. The lowest BCUT2D eigenvalue weighted by molar-refractivity contribution is -0.122. The minimum atomic E-state index is -1.22. The van der Waals surface area contributed by atoms with Crippen LogP contribution >= 0.6 is 11.6 Å². The quantitative estimate of drug-likeness (QED) is 0.792. The molecule has 1 amide bonds. The average molecular weight is 300 g/mol. The van der Waals surface area contributed by atoms with E-state index in [0.29, 0.717) is 0 Å². The SMILES string of the molecule is CC(Nc1ccc(Cl)c(C(=O)O)n1)C(=O)NC(C)(C)C. The van der Waals surface area contributed by atoms with Crippen molar-refractivity contribution in [3.63, 3.8) is 0 Å².